The molecule has 0 fully saturated rings. The summed E-state index contributed by atoms with van der Waals surface area (Å²) in [5.41, 5.74) is 9.09. The number of rotatable bonds is 15. The van der Waals surface area contributed by atoms with Crippen molar-refractivity contribution in [3.05, 3.63) is 72.8 Å². The zero-order chi connectivity index (χ0) is 29.9. The molecule has 8 nitrogen and oxygen atoms in total. The van der Waals surface area contributed by atoms with Gasteiger partial charge in [-0.2, -0.15) is 0 Å². The Morgan fingerprint density at radius 1 is 0.951 bits per heavy atom. The Labute approximate surface area is 244 Å². The van der Waals surface area contributed by atoms with Crippen LogP contribution in [0.2, 0.25) is 0 Å². The van der Waals surface area contributed by atoms with Crippen molar-refractivity contribution in [1.82, 2.24) is 15.4 Å². The minimum absolute atomic E-state index is 0.0378. The molecule has 1 unspecified atom stereocenters. The van der Waals surface area contributed by atoms with Gasteiger partial charge in [0.25, 0.3) is 0 Å². The number of nitrogens with two attached hydrogens (primary N) is 1. The number of hydrogen-bond donors (Lipinski definition) is 2. The maximum Gasteiger partial charge on any atom is 0.246 e. The van der Waals surface area contributed by atoms with Crippen molar-refractivity contribution in [3.63, 3.8) is 0 Å². The number of benzene rings is 2. The third kappa shape index (κ3) is 10.3. The highest BCUT2D eigenvalue weighted by Crippen LogP contribution is 2.29. The molecule has 2 amide bonds. The minimum Gasteiger partial charge on any atom is -0.478 e. The number of ether oxygens (including phenoxy) is 1. The summed E-state index contributed by atoms with van der Waals surface area (Å²) in [6.07, 6.45) is 3.15. The van der Waals surface area contributed by atoms with Gasteiger partial charge in [0.15, 0.2) is 0 Å². The van der Waals surface area contributed by atoms with Crippen LogP contribution in [0, 0.1) is 5.41 Å². The molecule has 8 heteroatoms. The molecule has 3 rings (SSSR count). The second-order valence-electron chi connectivity index (χ2n) is 11.9. The van der Waals surface area contributed by atoms with Crippen molar-refractivity contribution >= 4 is 12.3 Å². The lowest BCUT2D eigenvalue weighted by Gasteiger charge is -2.32. The van der Waals surface area contributed by atoms with Crippen LogP contribution < -0.4 is 15.8 Å². The van der Waals surface area contributed by atoms with Crippen LogP contribution >= 0.6 is 0 Å². The molecule has 3 N–H and O–H groups in total. The van der Waals surface area contributed by atoms with E-state index in [4.69, 9.17) is 20.3 Å². The average Bonchev–Trinajstić information content (AvgIpc) is 2.96. The maximum atomic E-state index is 12.8. The Balaban J connectivity index is 1.53. The third-order valence-electron chi connectivity index (χ3n) is 6.53. The largest absolute Gasteiger partial charge is 0.478 e. The lowest BCUT2D eigenvalue weighted by molar-refractivity contribution is -0.229. The fourth-order valence-corrected chi connectivity index (χ4v) is 4.35. The van der Waals surface area contributed by atoms with E-state index in [1.54, 1.807) is 20.8 Å². The summed E-state index contributed by atoms with van der Waals surface area (Å²) in [5.74, 6) is 0.264. The van der Waals surface area contributed by atoms with Crippen LogP contribution in [-0.2, 0) is 14.4 Å². The van der Waals surface area contributed by atoms with Gasteiger partial charge < -0.3 is 15.8 Å². The SMILES string of the molecule is CC(C)(CCCCOc1cc(-c2ccccc2)cc(-c2ccccc2)n1)CNC(=O)C(CN)N(C=O)OC(C)(C)C. The van der Waals surface area contributed by atoms with E-state index >= 15 is 0 Å². The number of nitrogens with zero attached hydrogens (tertiary/aromatic N) is 2. The lowest BCUT2D eigenvalue weighted by atomic mass is 9.87. The fourth-order valence-electron chi connectivity index (χ4n) is 4.35. The molecule has 0 saturated heterocycles. The van der Waals surface area contributed by atoms with Crippen molar-refractivity contribution in [3.8, 4) is 28.3 Å². The molecule has 1 aromatic heterocycles. The van der Waals surface area contributed by atoms with E-state index in [0.717, 1.165) is 46.7 Å². The number of aromatic nitrogens is 1. The van der Waals surface area contributed by atoms with Crippen molar-refractivity contribution < 1.29 is 19.2 Å². The van der Waals surface area contributed by atoms with Gasteiger partial charge in [0.2, 0.25) is 18.2 Å². The molecule has 1 atom stereocenters. The van der Waals surface area contributed by atoms with Crippen molar-refractivity contribution in [2.45, 2.75) is 65.5 Å². The number of nitrogens with one attached hydrogen (secondary N) is 1. The quantitative estimate of drug-likeness (QED) is 0.142. The van der Waals surface area contributed by atoms with E-state index in [9.17, 15) is 9.59 Å². The molecule has 0 spiro atoms. The van der Waals surface area contributed by atoms with E-state index in [-0.39, 0.29) is 17.9 Å². The Morgan fingerprint density at radius 2 is 1.59 bits per heavy atom. The minimum atomic E-state index is -0.893. The lowest BCUT2D eigenvalue weighted by Crippen LogP contribution is -2.53. The van der Waals surface area contributed by atoms with E-state index in [1.165, 1.54) is 0 Å². The van der Waals surface area contributed by atoms with Crippen molar-refractivity contribution in [2.75, 3.05) is 19.7 Å². The molecule has 220 valence electrons. The van der Waals surface area contributed by atoms with Crippen LogP contribution in [0.15, 0.2) is 72.8 Å². The van der Waals surface area contributed by atoms with E-state index in [2.05, 4.69) is 37.4 Å². The Bertz CT molecular complexity index is 1190. The van der Waals surface area contributed by atoms with Gasteiger partial charge in [-0.1, -0.05) is 74.5 Å². The fraction of sp³-hybridized carbons (Fsp3) is 0.424. The van der Waals surface area contributed by atoms with Crippen LogP contribution in [0.3, 0.4) is 0 Å². The van der Waals surface area contributed by atoms with Gasteiger partial charge in [0, 0.05) is 24.7 Å². The van der Waals surface area contributed by atoms with Crippen LogP contribution in [-0.4, -0.2) is 53.7 Å². The summed E-state index contributed by atoms with van der Waals surface area (Å²) in [6.45, 7) is 10.6. The van der Waals surface area contributed by atoms with Crippen LogP contribution in [0.5, 0.6) is 5.88 Å². The number of hydroxylamine groups is 2. The first kappa shape index (κ1) is 31.8. The molecule has 0 bridgehead atoms. The predicted molar refractivity (Wildman–Crippen MR) is 163 cm³/mol. The maximum absolute atomic E-state index is 12.8. The summed E-state index contributed by atoms with van der Waals surface area (Å²) in [4.78, 5) is 34.7. The molecule has 0 radical (unpaired) electrons. The topological polar surface area (TPSA) is 107 Å². The van der Waals surface area contributed by atoms with Gasteiger partial charge in [0.05, 0.1) is 17.9 Å². The molecule has 0 saturated carbocycles. The van der Waals surface area contributed by atoms with Crippen LogP contribution in [0.1, 0.15) is 53.9 Å². The molecule has 2 aromatic carbocycles. The van der Waals surface area contributed by atoms with E-state index in [0.29, 0.717) is 25.4 Å². The number of unbranched alkanes of at least 4 members (excludes halogenated alkanes) is 1. The smallest absolute Gasteiger partial charge is 0.246 e. The molecular weight excluding hydrogens is 516 g/mol. The zero-order valence-electron chi connectivity index (χ0n) is 24.9. The highest BCUT2D eigenvalue weighted by atomic mass is 16.7. The molecule has 0 aliphatic carbocycles. The summed E-state index contributed by atoms with van der Waals surface area (Å²) in [7, 11) is 0. The third-order valence-corrected chi connectivity index (χ3v) is 6.53. The number of pyridine rings is 1. The summed E-state index contributed by atoms with van der Waals surface area (Å²) in [5, 5.41) is 3.95. The van der Waals surface area contributed by atoms with Gasteiger partial charge >= 0.3 is 0 Å². The normalized spacial score (nSPS) is 12.4. The molecular formula is C33H44N4O4. The standard InChI is InChI=1S/C33H44N4O4/c1-32(2,3)41-37(24-38)29(22-34)31(39)35-23-33(4,5)18-12-13-19-40-30-21-27(25-14-8-6-9-15-25)20-28(36-30)26-16-10-7-11-17-26/h6-11,14-17,20-21,24,29H,12-13,18-19,22-23,34H2,1-5H3,(H,35,39). The zero-order valence-corrected chi connectivity index (χ0v) is 24.9. The van der Waals surface area contributed by atoms with Gasteiger partial charge in [-0.25, -0.2) is 10.0 Å². The highest BCUT2D eigenvalue weighted by molar-refractivity contribution is 5.83. The highest BCUT2D eigenvalue weighted by Gasteiger charge is 2.29. The Hall–Kier alpha value is -3.75. The summed E-state index contributed by atoms with van der Waals surface area (Å²) in [6, 6.07) is 23.5. The first-order valence-corrected chi connectivity index (χ1v) is 14.2. The predicted octanol–water partition coefficient (Wildman–Crippen LogP) is 5.62. The van der Waals surface area contributed by atoms with Crippen LogP contribution in [0.4, 0.5) is 0 Å². The number of hydrogen-bond acceptors (Lipinski definition) is 6. The average molecular weight is 561 g/mol. The molecule has 0 aliphatic heterocycles. The van der Waals surface area contributed by atoms with Crippen molar-refractivity contribution in [2.24, 2.45) is 11.1 Å². The monoisotopic (exact) mass is 560 g/mol. The number of carbonyl (C=O) groups excluding carboxylic acids is 2. The summed E-state index contributed by atoms with van der Waals surface area (Å²) < 4.78 is 6.12. The number of amides is 2. The van der Waals surface area contributed by atoms with Crippen molar-refractivity contribution in [1.29, 1.82) is 0 Å². The number of carbonyl (C=O) groups is 2. The van der Waals surface area contributed by atoms with E-state index < -0.39 is 11.6 Å². The summed E-state index contributed by atoms with van der Waals surface area (Å²) >= 11 is 0. The molecule has 0 aliphatic rings. The Morgan fingerprint density at radius 3 is 2.17 bits per heavy atom. The molecule has 3 aromatic rings. The van der Waals surface area contributed by atoms with Gasteiger partial charge in [-0.05, 0) is 62.6 Å². The van der Waals surface area contributed by atoms with Gasteiger partial charge in [0.1, 0.15) is 6.04 Å². The van der Waals surface area contributed by atoms with Crippen LogP contribution in [0.25, 0.3) is 22.4 Å². The first-order chi connectivity index (χ1) is 19.5. The Kier molecular flexibility index (Phi) is 11.4. The van der Waals surface area contributed by atoms with Gasteiger partial charge in [-0.3, -0.25) is 14.4 Å². The molecule has 41 heavy (non-hydrogen) atoms. The van der Waals surface area contributed by atoms with E-state index in [1.807, 2.05) is 54.6 Å². The molecule has 1 heterocycles. The first-order valence-electron chi connectivity index (χ1n) is 14.2. The second-order valence-corrected chi connectivity index (χ2v) is 11.9. The van der Waals surface area contributed by atoms with Gasteiger partial charge in [-0.15, -0.1) is 0 Å². The second kappa shape index (κ2) is 14.8.